The lowest BCUT2D eigenvalue weighted by Gasteiger charge is -2.45. The third kappa shape index (κ3) is 2.01. The summed E-state index contributed by atoms with van der Waals surface area (Å²) in [6.45, 7) is 3.36. The molecule has 0 nitrogen and oxygen atoms in total. The number of hydrogen-bond acceptors (Lipinski definition) is 0. The van der Waals surface area contributed by atoms with Crippen LogP contribution in [0.3, 0.4) is 0 Å². The van der Waals surface area contributed by atoms with Crippen LogP contribution in [-0.2, 0) is 0 Å². The van der Waals surface area contributed by atoms with Gasteiger partial charge >= 0.3 is 11.8 Å². The Bertz CT molecular complexity index is 211. The van der Waals surface area contributed by atoms with E-state index < -0.39 is 31.6 Å². The summed E-state index contributed by atoms with van der Waals surface area (Å²) >= 11 is 5.82. The molecule has 0 bridgehead atoms. The molecular formula is C7H11ClF4Si. The Morgan fingerprint density at radius 1 is 1.31 bits per heavy atom. The monoisotopic (exact) mass is 234 g/mol. The van der Waals surface area contributed by atoms with Gasteiger partial charge in [-0.3, -0.25) is 0 Å². The number of alkyl halides is 4. The molecule has 0 heterocycles. The molecule has 0 spiro atoms. The van der Waals surface area contributed by atoms with Gasteiger partial charge < -0.3 is 0 Å². The van der Waals surface area contributed by atoms with Crippen molar-refractivity contribution in [3.63, 3.8) is 0 Å². The van der Waals surface area contributed by atoms with Gasteiger partial charge in [-0.25, -0.2) is 0 Å². The van der Waals surface area contributed by atoms with Gasteiger partial charge in [-0.1, -0.05) is 13.1 Å². The highest BCUT2D eigenvalue weighted by Gasteiger charge is 2.71. The molecule has 1 unspecified atom stereocenters. The van der Waals surface area contributed by atoms with Crippen LogP contribution in [0.1, 0.15) is 6.42 Å². The number of hydrogen-bond donors (Lipinski definition) is 0. The molecule has 0 amide bonds. The van der Waals surface area contributed by atoms with Crippen LogP contribution in [0.5, 0.6) is 0 Å². The second kappa shape index (κ2) is 2.86. The molecular weight excluding hydrogens is 224 g/mol. The first-order valence-electron chi connectivity index (χ1n) is 4.01. The third-order valence-corrected chi connectivity index (χ3v) is 4.16. The lowest BCUT2D eigenvalue weighted by atomic mass is 9.78. The van der Waals surface area contributed by atoms with E-state index in [0.29, 0.717) is 0 Å². The molecule has 0 saturated heterocycles. The molecule has 0 N–H and O–H groups in total. The van der Waals surface area contributed by atoms with Crippen molar-refractivity contribution in [1.29, 1.82) is 0 Å². The van der Waals surface area contributed by atoms with E-state index in [-0.39, 0.29) is 6.04 Å². The Morgan fingerprint density at radius 2 is 1.77 bits per heavy atom. The average Bonchev–Trinajstić information content (AvgIpc) is 1.82. The van der Waals surface area contributed by atoms with Gasteiger partial charge in [0.2, 0.25) is 0 Å². The van der Waals surface area contributed by atoms with Crippen molar-refractivity contribution in [3.8, 4) is 0 Å². The molecule has 0 aromatic carbocycles. The quantitative estimate of drug-likeness (QED) is 0.388. The van der Waals surface area contributed by atoms with Gasteiger partial charge in [0.25, 0.3) is 0 Å². The molecule has 1 atom stereocenters. The minimum Gasteiger partial charge on any atom is -0.200 e. The molecule has 78 valence electrons. The van der Waals surface area contributed by atoms with Gasteiger partial charge in [-0.05, 0) is 6.04 Å². The minimum atomic E-state index is -3.84. The predicted octanol–water partition coefficient (Wildman–Crippen LogP) is 3.72. The maximum atomic E-state index is 12.7. The van der Waals surface area contributed by atoms with E-state index in [1.807, 2.05) is 0 Å². The Labute approximate surface area is 80.0 Å². The van der Waals surface area contributed by atoms with Crippen LogP contribution in [0.4, 0.5) is 17.6 Å². The normalized spacial score (nSPS) is 31.2. The van der Waals surface area contributed by atoms with E-state index in [4.69, 9.17) is 11.1 Å². The highest BCUT2D eigenvalue weighted by atomic mass is 35.6. The molecule has 13 heavy (non-hydrogen) atoms. The molecule has 1 aliphatic carbocycles. The summed E-state index contributed by atoms with van der Waals surface area (Å²) < 4.78 is 50.2. The molecule has 0 aromatic rings. The fourth-order valence-electron chi connectivity index (χ4n) is 1.53. The summed E-state index contributed by atoms with van der Waals surface area (Å²) in [5.41, 5.74) is 0. The van der Waals surface area contributed by atoms with Gasteiger partial charge in [-0.15, -0.1) is 0 Å². The predicted molar refractivity (Wildman–Crippen MR) is 46.1 cm³/mol. The highest BCUT2D eigenvalue weighted by molar-refractivity contribution is 7.19. The van der Waals surface area contributed by atoms with Gasteiger partial charge in [0.15, 0.2) is 7.38 Å². The first kappa shape index (κ1) is 11.3. The van der Waals surface area contributed by atoms with E-state index in [1.54, 1.807) is 13.1 Å². The first-order valence-corrected chi connectivity index (χ1v) is 8.23. The molecule has 0 aliphatic heterocycles. The second-order valence-corrected chi connectivity index (χ2v) is 11.1. The molecule has 1 saturated carbocycles. The first-order chi connectivity index (χ1) is 5.56. The van der Waals surface area contributed by atoms with Crippen LogP contribution in [0.2, 0.25) is 19.1 Å². The standard InChI is InChI=1S/C7H11ClF4Si/c1-13(2,8)4-5-3-6(9,10)7(5,11)12/h5H,3-4H2,1-2H3. The number of halogens is 5. The second-order valence-electron chi connectivity index (χ2n) is 4.15. The molecule has 0 radical (unpaired) electrons. The SMILES string of the molecule is C[Si](C)(Cl)CC1CC(F)(F)C1(F)F. The summed E-state index contributed by atoms with van der Waals surface area (Å²) in [5, 5.41) is 0. The van der Waals surface area contributed by atoms with Gasteiger partial charge in [0, 0.05) is 12.3 Å². The smallest absolute Gasteiger partial charge is 0.200 e. The molecule has 6 heteroatoms. The fraction of sp³-hybridized carbons (Fsp3) is 1.00. The molecule has 1 aliphatic rings. The fourth-order valence-corrected chi connectivity index (χ4v) is 3.66. The lowest BCUT2D eigenvalue weighted by molar-refractivity contribution is -0.309. The Kier molecular flexibility index (Phi) is 2.48. The summed E-state index contributed by atoms with van der Waals surface area (Å²) in [7, 11) is -2.18. The highest BCUT2D eigenvalue weighted by Crippen LogP contribution is 2.57. The maximum absolute atomic E-state index is 12.7. The van der Waals surface area contributed by atoms with Crippen LogP contribution >= 0.6 is 11.1 Å². The van der Waals surface area contributed by atoms with Crippen LogP contribution in [0.25, 0.3) is 0 Å². The van der Waals surface area contributed by atoms with Gasteiger partial charge in [-0.2, -0.15) is 28.6 Å². The van der Waals surface area contributed by atoms with E-state index in [2.05, 4.69) is 0 Å². The van der Waals surface area contributed by atoms with Crippen LogP contribution < -0.4 is 0 Å². The van der Waals surface area contributed by atoms with Crippen molar-refractivity contribution in [2.24, 2.45) is 5.92 Å². The van der Waals surface area contributed by atoms with E-state index in [1.165, 1.54) is 0 Å². The lowest BCUT2D eigenvalue weighted by Crippen LogP contribution is -2.59. The Hall–Kier alpha value is 0.227. The molecule has 1 rings (SSSR count). The summed E-state index contributed by atoms with van der Waals surface area (Å²) in [4.78, 5) is 0. The summed E-state index contributed by atoms with van der Waals surface area (Å²) in [5.74, 6) is -8.87. The number of rotatable bonds is 2. The zero-order valence-corrected chi connectivity index (χ0v) is 9.14. The van der Waals surface area contributed by atoms with Crippen molar-refractivity contribution in [2.75, 3.05) is 0 Å². The minimum absolute atomic E-state index is 0.0527. The van der Waals surface area contributed by atoms with Crippen molar-refractivity contribution < 1.29 is 17.6 Å². The zero-order chi connectivity index (χ0) is 10.5. The van der Waals surface area contributed by atoms with Crippen LogP contribution in [0, 0.1) is 5.92 Å². The molecule has 1 fully saturated rings. The van der Waals surface area contributed by atoms with Gasteiger partial charge in [0.1, 0.15) is 0 Å². The van der Waals surface area contributed by atoms with Crippen LogP contribution in [0.15, 0.2) is 0 Å². The third-order valence-electron chi connectivity index (χ3n) is 2.23. The Balaban J connectivity index is 2.60. The van der Waals surface area contributed by atoms with Crippen molar-refractivity contribution in [3.05, 3.63) is 0 Å². The van der Waals surface area contributed by atoms with Crippen LogP contribution in [-0.4, -0.2) is 19.2 Å². The van der Waals surface area contributed by atoms with Gasteiger partial charge in [0.05, 0.1) is 0 Å². The molecule has 0 aromatic heterocycles. The van der Waals surface area contributed by atoms with Crippen molar-refractivity contribution in [2.45, 2.75) is 37.4 Å². The average molecular weight is 235 g/mol. The van der Waals surface area contributed by atoms with Crippen molar-refractivity contribution >= 4 is 18.5 Å². The van der Waals surface area contributed by atoms with Crippen molar-refractivity contribution in [1.82, 2.24) is 0 Å². The van der Waals surface area contributed by atoms with E-state index >= 15 is 0 Å². The maximum Gasteiger partial charge on any atom is 0.312 e. The topological polar surface area (TPSA) is 0 Å². The van der Waals surface area contributed by atoms with E-state index in [0.717, 1.165) is 0 Å². The van der Waals surface area contributed by atoms with E-state index in [9.17, 15) is 17.6 Å². The zero-order valence-electron chi connectivity index (χ0n) is 7.38. The summed E-state index contributed by atoms with van der Waals surface area (Å²) in [6.07, 6.45) is -0.719. The Morgan fingerprint density at radius 3 is 2.00 bits per heavy atom. The largest absolute Gasteiger partial charge is 0.312 e. The summed E-state index contributed by atoms with van der Waals surface area (Å²) in [6, 6.07) is 0.0527.